The van der Waals surface area contributed by atoms with Crippen LogP contribution in [0, 0.1) is 5.92 Å². The molecule has 1 atom stereocenters. The Morgan fingerprint density at radius 3 is 1.68 bits per heavy atom. The zero-order chi connectivity index (χ0) is 32.5. The quantitative estimate of drug-likeness (QED) is 0.0832. The number of hydrogen-bond donors (Lipinski definition) is 0. The van der Waals surface area contributed by atoms with Gasteiger partial charge in [0.25, 0.3) is 0 Å². The summed E-state index contributed by atoms with van der Waals surface area (Å²) in [7, 11) is -2.47. The minimum Gasteiger partial charge on any atom is -0.377 e. The molecule has 1 aromatic carbocycles. The first-order valence-electron chi connectivity index (χ1n) is 18.0. The number of rotatable bonds is 24. The lowest BCUT2D eigenvalue weighted by atomic mass is 9.82. The van der Waals surface area contributed by atoms with Gasteiger partial charge in [0.05, 0.1) is 12.7 Å². The average molecular weight is 636 g/mol. The minimum atomic E-state index is -2.47. The topological polar surface area (TPSA) is 49.4 Å². The Balaban J connectivity index is 1.60. The van der Waals surface area contributed by atoms with E-state index in [0.717, 1.165) is 31.9 Å². The number of piperidine rings is 1. The molecule has 0 bridgehead atoms. The third-order valence-electron chi connectivity index (χ3n) is 9.00. The molecule has 0 aliphatic carbocycles. The monoisotopic (exact) mass is 635 g/mol. The second-order valence-electron chi connectivity index (χ2n) is 14.3. The number of nitrogens with zero attached hydrogens (tertiary/aromatic N) is 1. The van der Waals surface area contributed by atoms with Crippen molar-refractivity contribution < 1.29 is 22.9 Å². The lowest BCUT2D eigenvalue weighted by Crippen LogP contribution is -2.59. The molecule has 1 unspecified atom stereocenters. The zero-order valence-corrected chi connectivity index (χ0v) is 31.2. The molecule has 0 saturated carbocycles. The fourth-order valence-electron chi connectivity index (χ4n) is 6.59. The Kier molecular flexibility index (Phi) is 18.3. The molecule has 0 N–H and O–H groups in total. The van der Waals surface area contributed by atoms with Gasteiger partial charge in [-0.3, -0.25) is 4.84 Å². The van der Waals surface area contributed by atoms with E-state index in [1.165, 1.54) is 68.9 Å². The van der Waals surface area contributed by atoms with E-state index >= 15 is 0 Å². The first kappa shape index (κ1) is 39.4. The van der Waals surface area contributed by atoms with E-state index in [0.29, 0.717) is 32.3 Å². The van der Waals surface area contributed by atoms with Gasteiger partial charge in [-0.1, -0.05) is 76.6 Å². The Morgan fingerprint density at radius 2 is 1.18 bits per heavy atom. The van der Waals surface area contributed by atoms with Gasteiger partial charge in [0.15, 0.2) is 0 Å². The van der Waals surface area contributed by atoms with Gasteiger partial charge in [-0.2, -0.15) is 5.06 Å². The smallest absolute Gasteiger partial charge is 0.377 e. The minimum absolute atomic E-state index is 0.0592. The van der Waals surface area contributed by atoms with E-state index in [1.54, 1.807) is 0 Å². The molecule has 0 spiro atoms. The van der Waals surface area contributed by atoms with Crippen molar-refractivity contribution >= 4 is 8.80 Å². The summed E-state index contributed by atoms with van der Waals surface area (Å²) >= 11 is 0. The summed E-state index contributed by atoms with van der Waals surface area (Å²) in [5, 5.41) is 2.32. The van der Waals surface area contributed by atoms with Crippen LogP contribution in [-0.4, -0.2) is 57.5 Å². The van der Waals surface area contributed by atoms with Crippen molar-refractivity contribution in [3.05, 3.63) is 35.4 Å². The van der Waals surface area contributed by atoms with Gasteiger partial charge in [0, 0.05) is 50.0 Å². The second-order valence-corrected chi connectivity index (χ2v) is 17.0. The zero-order valence-electron chi connectivity index (χ0n) is 30.2. The van der Waals surface area contributed by atoms with Crippen molar-refractivity contribution in [1.82, 2.24) is 5.06 Å². The van der Waals surface area contributed by atoms with Gasteiger partial charge in [-0.25, -0.2) is 0 Å². The summed E-state index contributed by atoms with van der Waals surface area (Å²) in [6.45, 7) is 23.4. The van der Waals surface area contributed by atoms with Crippen LogP contribution in [0.25, 0.3) is 0 Å². The molecule has 7 heteroatoms. The second kappa shape index (κ2) is 20.4. The Bertz CT molecular complexity index is 842. The van der Waals surface area contributed by atoms with Crippen molar-refractivity contribution in [2.24, 2.45) is 5.92 Å². The molecule has 1 aliphatic rings. The fraction of sp³-hybridized carbons (Fsp3) is 0.838. The van der Waals surface area contributed by atoms with Crippen LogP contribution < -0.4 is 0 Å². The molecule has 1 heterocycles. The number of unbranched alkanes of at least 4 members (excludes halogenated alkanes) is 7. The predicted molar refractivity (Wildman–Crippen MR) is 186 cm³/mol. The number of hydroxylamine groups is 2. The van der Waals surface area contributed by atoms with Crippen LogP contribution in [0.1, 0.15) is 144 Å². The standard InChI is InChI=1S/C37H69NO5Si/c1-10-40-44(41-11-2,42-12-3)29-20-18-16-14-13-15-17-19-28-39-31-34-24-22-33(23-25-34)30-35(32(4)5)43-38-36(6,7)26-21-27-37(38,8)9/h22-25,32,35H,10-21,26-31H2,1-9H3. The van der Waals surface area contributed by atoms with Gasteiger partial charge in [0.1, 0.15) is 0 Å². The maximum Gasteiger partial charge on any atom is 0.500 e. The summed E-state index contributed by atoms with van der Waals surface area (Å²) in [6.07, 6.45) is 14.6. The van der Waals surface area contributed by atoms with Gasteiger partial charge < -0.3 is 18.0 Å². The van der Waals surface area contributed by atoms with E-state index in [9.17, 15) is 0 Å². The number of hydrogen-bond acceptors (Lipinski definition) is 6. The lowest BCUT2D eigenvalue weighted by molar-refractivity contribution is -0.310. The van der Waals surface area contributed by atoms with Gasteiger partial charge >= 0.3 is 8.80 Å². The number of ether oxygens (including phenoxy) is 1. The van der Waals surface area contributed by atoms with E-state index in [1.807, 2.05) is 20.8 Å². The van der Waals surface area contributed by atoms with Crippen LogP contribution in [0.3, 0.4) is 0 Å². The normalized spacial score (nSPS) is 17.8. The summed E-state index contributed by atoms with van der Waals surface area (Å²) in [5.41, 5.74) is 2.70. The molecule has 1 saturated heterocycles. The maximum absolute atomic E-state index is 6.79. The molecule has 256 valence electrons. The lowest BCUT2D eigenvalue weighted by Gasteiger charge is -2.52. The van der Waals surface area contributed by atoms with Crippen LogP contribution >= 0.6 is 0 Å². The van der Waals surface area contributed by atoms with Crippen molar-refractivity contribution in [3.63, 3.8) is 0 Å². The highest BCUT2D eigenvalue weighted by Crippen LogP contribution is 2.39. The van der Waals surface area contributed by atoms with E-state index in [2.05, 4.69) is 70.9 Å². The third kappa shape index (κ3) is 13.9. The Morgan fingerprint density at radius 1 is 0.705 bits per heavy atom. The molecule has 1 aliphatic heterocycles. The summed E-state index contributed by atoms with van der Waals surface area (Å²) < 4.78 is 23.9. The highest BCUT2D eigenvalue weighted by Gasteiger charge is 2.44. The van der Waals surface area contributed by atoms with Crippen molar-refractivity contribution in [2.45, 2.75) is 169 Å². The molecular weight excluding hydrogens is 566 g/mol. The average Bonchev–Trinajstić information content (AvgIpc) is 2.95. The summed E-state index contributed by atoms with van der Waals surface area (Å²) in [4.78, 5) is 6.79. The molecule has 1 fully saturated rings. The molecule has 0 amide bonds. The van der Waals surface area contributed by atoms with Crippen LogP contribution in [0.2, 0.25) is 6.04 Å². The van der Waals surface area contributed by atoms with Crippen LogP contribution in [0.5, 0.6) is 0 Å². The Hall–Kier alpha value is -0.803. The van der Waals surface area contributed by atoms with Crippen LogP contribution in [0.15, 0.2) is 24.3 Å². The first-order valence-corrected chi connectivity index (χ1v) is 20.0. The van der Waals surface area contributed by atoms with Gasteiger partial charge in [-0.15, -0.1) is 0 Å². The largest absolute Gasteiger partial charge is 0.500 e. The fourth-order valence-corrected chi connectivity index (χ4v) is 9.28. The van der Waals surface area contributed by atoms with Crippen molar-refractivity contribution in [2.75, 3.05) is 26.4 Å². The maximum atomic E-state index is 6.79. The van der Waals surface area contributed by atoms with Crippen LogP contribution in [-0.2, 0) is 35.9 Å². The summed E-state index contributed by atoms with van der Waals surface area (Å²) in [6, 6.07) is 9.91. The third-order valence-corrected chi connectivity index (χ3v) is 12.2. The Labute approximate surface area is 273 Å². The highest BCUT2D eigenvalue weighted by atomic mass is 28.4. The van der Waals surface area contributed by atoms with E-state index in [4.69, 9.17) is 22.9 Å². The molecule has 44 heavy (non-hydrogen) atoms. The molecule has 6 nitrogen and oxygen atoms in total. The SMILES string of the molecule is CCO[Si](CCCCCCCCCCOCc1ccc(CC(ON2C(C)(C)CCCC2(C)C)C(C)C)cc1)(OCC)OCC. The molecule has 2 rings (SSSR count). The molecule has 0 radical (unpaired) electrons. The predicted octanol–water partition coefficient (Wildman–Crippen LogP) is 9.91. The molecule has 1 aromatic rings. The van der Waals surface area contributed by atoms with Gasteiger partial charge in [-0.05, 0) is 97.6 Å². The number of benzene rings is 1. The van der Waals surface area contributed by atoms with Crippen molar-refractivity contribution in [1.29, 1.82) is 0 Å². The highest BCUT2D eigenvalue weighted by molar-refractivity contribution is 6.60. The van der Waals surface area contributed by atoms with E-state index in [-0.39, 0.29) is 17.2 Å². The van der Waals surface area contributed by atoms with E-state index < -0.39 is 8.80 Å². The van der Waals surface area contributed by atoms with Crippen molar-refractivity contribution in [3.8, 4) is 0 Å². The van der Waals surface area contributed by atoms with Crippen LogP contribution in [0.4, 0.5) is 0 Å². The molecule has 0 aromatic heterocycles. The summed E-state index contributed by atoms with van der Waals surface area (Å²) in [5.74, 6) is 0.445. The van der Waals surface area contributed by atoms with Gasteiger partial charge in [0.2, 0.25) is 0 Å². The first-order chi connectivity index (χ1) is 21.0. The molecular formula is C37H69NO5Si.